The Morgan fingerprint density at radius 3 is 2.69 bits per heavy atom. The van der Waals surface area contributed by atoms with Gasteiger partial charge in [-0.1, -0.05) is 6.07 Å². The molecule has 1 amide bonds. The summed E-state index contributed by atoms with van der Waals surface area (Å²) in [6.45, 7) is 0.673. The van der Waals surface area contributed by atoms with Crippen LogP contribution in [0.25, 0.3) is 0 Å². The Bertz CT molecular complexity index is 423. The third-order valence-corrected chi connectivity index (χ3v) is 2.36. The molecule has 0 unspecified atom stereocenters. The second-order valence-corrected chi connectivity index (χ2v) is 3.38. The van der Waals surface area contributed by atoms with Crippen molar-refractivity contribution in [1.82, 2.24) is 0 Å². The van der Waals surface area contributed by atoms with Gasteiger partial charge in [0, 0.05) is 5.56 Å². The third-order valence-electron chi connectivity index (χ3n) is 2.36. The van der Waals surface area contributed by atoms with Crippen LogP contribution < -0.4 is 10.6 Å². The van der Waals surface area contributed by atoms with Gasteiger partial charge in [0.05, 0.1) is 17.9 Å². The first kappa shape index (κ1) is 10.7. The molecule has 0 atom stereocenters. The number of nitrogens with zero attached hydrogens (tertiary/aromatic N) is 1. The highest BCUT2D eigenvalue weighted by atomic mass is 19.3. The minimum absolute atomic E-state index is 0.150. The third kappa shape index (κ3) is 1.78. The van der Waals surface area contributed by atoms with Crippen molar-refractivity contribution in [2.75, 3.05) is 23.8 Å². The quantitative estimate of drug-likeness (QED) is 0.789. The fourth-order valence-corrected chi connectivity index (χ4v) is 1.57. The molecule has 1 fully saturated rings. The van der Waals surface area contributed by atoms with Crippen LogP contribution in [-0.2, 0) is 4.74 Å². The molecule has 4 nitrogen and oxygen atoms in total. The monoisotopic (exact) mass is 228 g/mol. The Morgan fingerprint density at radius 1 is 1.44 bits per heavy atom. The zero-order chi connectivity index (χ0) is 11.7. The highest BCUT2D eigenvalue weighted by molar-refractivity contribution is 5.93. The number of ether oxygens (including phenoxy) is 1. The molecule has 0 radical (unpaired) electrons. The van der Waals surface area contributed by atoms with Gasteiger partial charge in [0.2, 0.25) is 0 Å². The van der Waals surface area contributed by atoms with Crippen LogP contribution in [0.2, 0.25) is 0 Å². The first-order valence-corrected chi connectivity index (χ1v) is 4.71. The Balaban J connectivity index is 2.32. The van der Waals surface area contributed by atoms with Gasteiger partial charge in [0.25, 0.3) is 6.43 Å². The number of carbonyl (C=O) groups excluding carboxylic acids is 1. The second-order valence-electron chi connectivity index (χ2n) is 3.38. The van der Waals surface area contributed by atoms with Crippen LogP contribution in [0.3, 0.4) is 0 Å². The van der Waals surface area contributed by atoms with Crippen LogP contribution >= 0.6 is 0 Å². The number of nitrogen functional groups attached to an aromatic ring is 1. The number of amides is 1. The lowest BCUT2D eigenvalue weighted by atomic mass is 10.1. The van der Waals surface area contributed by atoms with Crippen LogP contribution in [0.15, 0.2) is 18.2 Å². The summed E-state index contributed by atoms with van der Waals surface area (Å²) in [7, 11) is 0. The summed E-state index contributed by atoms with van der Waals surface area (Å²) in [6, 6.07) is 3.83. The highest BCUT2D eigenvalue weighted by Crippen LogP contribution is 2.30. The van der Waals surface area contributed by atoms with Gasteiger partial charge >= 0.3 is 6.09 Å². The van der Waals surface area contributed by atoms with Gasteiger partial charge in [-0.05, 0) is 12.1 Å². The molecule has 0 saturated carbocycles. The topological polar surface area (TPSA) is 55.6 Å². The molecular formula is C10H10F2N2O2. The summed E-state index contributed by atoms with van der Waals surface area (Å²) < 4.78 is 29.5. The summed E-state index contributed by atoms with van der Waals surface area (Å²) in [6.07, 6.45) is -3.07. The molecule has 1 aliphatic heterocycles. The summed E-state index contributed by atoms with van der Waals surface area (Å²) in [5.41, 5.74) is 6.02. The highest BCUT2D eigenvalue weighted by Gasteiger charge is 2.25. The Labute approximate surface area is 90.6 Å². The fourth-order valence-electron chi connectivity index (χ4n) is 1.57. The van der Waals surface area contributed by atoms with Crippen molar-refractivity contribution < 1.29 is 18.3 Å². The predicted octanol–water partition coefficient (Wildman–Crippen LogP) is 2.16. The normalized spacial score (nSPS) is 15.7. The number of carbonyl (C=O) groups is 1. The van der Waals surface area contributed by atoms with E-state index in [2.05, 4.69) is 0 Å². The lowest BCUT2D eigenvalue weighted by molar-refractivity contribution is 0.151. The van der Waals surface area contributed by atoms with E-state index in [9.17, 15) is 13.6 Å². The Hall–Kier alpha value is -1.85. The van der Waals surface area contributed by atoms with E-state index in [1.165, 1.54) is 23.1 Å². The largest absolute Gasteiger partial charge is 0.447 e. The molecule has 16 heavy (non-hydrogen) atoms. The molecule has 0 aliphatic carbocycles. The zero-order valence-corrected chi connectivity index (χ0v) is 8.32. The number of halogens is 2. The first-order chi connectivity index (χ1) is 7.59. The fraction of sp³-hybridized carbons (Fsp3) is 0.300. The number of benzene rings is 1. The summed E-state index contributed by atoms with van der Waals surface area (Å²) in [5.74, 6) is 0. The maximum atomic E-state index is 12.4. The average molecular weight is 228 g/mol. The molecule has 2 N–H and O–H groups in total. The van der Waals surface area contributed by atoms with E-state index in [4.69, 9.17) is 10.5 Å². The summed E-state index contributed by atoms with van der Waals surface area (Å²) in [5, 5.41) is 0. The molecule has 1 saturated heterocycles. The Morgan fingerprint density at radius 2 is 2.19 bits per heavy atom. The van der Waals surface area contributed by atoms with Gasteiger partial charge in [-0.25, -0.2) is 13.6 Å². The molecule has 1 aromatic rings. The minimum Gasteiger partial charge on any atom is -0.447 e. The van der Waals surface area contributed by atoms with Gasteiger partial charge in [-0.3, -0.25) is 4.90 Å². The van der Waals surface area contributed by atoms with E-state index >= 15 is 0 Å². The van der Waals surface area contributed by atoms with Crippen molar-refractivity contribution >= 4 is 17.5 Å². The molecule has 0 spiro atoms. The van der Waals surface area contributed by atoms with Gasteiger partial charge in [-0.2, -0.15) is 0 Å². The van der Waals surface area contributed by atoms with Crippen LogP contribution in [0.4, 0.5) is 25.0 Å². The molecule has 1 aromatic carbocycles. The minimum atomic E-state index is -2.57. The molecule has 1 aliphatic rings. The zero-order valence-electron chi connectivity index (χ0n) is 8.32. The van der Waals surface area contributed by atoms with E-state index in [1.807, 2.05) is 0 Å². The molecule has 2 rings (SSSR count). The van der Waals surface area contributed by atoms with E-state index in [0.717, 1.165) is 0 Å². The predicted molar refractivity (Wildman–Crippen MR) is 54.5 cm³/mol. The maximum Gasteiger partial charge on any atom is 0.414 e. The van der Waals surface area contributed by atoms with Gasteiger partial charge in [0.15, 0.2) is 0 Å². The van der Waals surface area contributed by atoms with E-state index in [0.29, 0.717) is 12.2 Å². The van der Waals surface area contributed by atoms with Gasteiger partial charge in [0.1, 0.15) is 6.61 Å². The molecule has 0 aromatic heterocycles. The van der Waals surface area contributed by atoms with Crippen LogP contribution in [0.1, 0.15) is 12.0 Å². The number of rotatable bonds is 2. The molecule has 0 bridgehead atoms. The van der Waals surface area contributed by atoms with Crippen LogP contribution in [0.5, 0.6) is 0 Å². The van der Waals surface area contributed by atoms with E-state index in [1.54, 1.807) is 0 Å². The summed E-state index contributed by atoms with van der Waals surface area (Å²) in [4.78, 5) is 12.6. The Kier molecular flexibility index (Phi) is 2.64. The standard InChI is InChI=1S/C10H10F2N2O2/c11-9(12)6-1-2-8(7(13)5-6)14-3-4-16-10(14)15/h1-2,5,9H,3-4,13H2. The average Bonchev–Trinajstić information content (AvgIpc) is 2.64. The second kappa shape index (κ2) is 3.96. The van der Waals surface area contributed by atoms with Crippen molar-refractivity contribution in [3.05, 3.63) is 23.8 Å². The number of nitrogens with two attached hydrogens (primary N) is 1. The lowest BCUT2D eigenvalue weighted by Crippen LogP contribution is -2.24. The van der Waals surface area contributed by atoms with Crippen molar-refractivity contribution in [2.45, 2.75) is 6.43 Å². The van der Waals surface area contributed by atoms with E-state index < -0.39 is 12.5 Å². The number of cyclic esters (lactones) is 1. The smallest absolute Gasteiger partial charge is 0.414 e. The van der Waals surface area contributed by atoms with Crippen LogP contribution in [-0.4, -0.2) is 19.2 Å². The number of anilines is 2. The van der Waals surface area contributed by atoms with E-state index in [-0.39, 0.29) is 17.9 Å². The molecule has 86 valence electrons. The number of hydrogen-bond donors (Lipinski definition) is 1. The maximum absolute atomic E-state index is 12.4. The van der Waals surface area contributed by atoms with Crippen molar-refractivity contribution in [3.63, 3.8) is 0 Å². The van der Waals surface area contributed by atoms with Crippen molar-refractivity contribution in [1.29, 1.82) is 0 Å². The SMILES string of the molecule is Nc1cc(C(F)F)ccc1N1CCOC1=O. The van der Waals surface area contributed by atoms with Crippen molar-refractivity contribution in [3.8, 4) is 0 Å². The van der Waals surface area contributed by atoms with Crippen molar-refractivity contribution in [2.24, 2.45) is 0 Å². The van der Waals surface area contributed by atoms with Gasteiger partial charge in [-0.15, -0.1) is 0 Å². The lowest BCUT2D eigenvalue weighted by Gasteiger charge is -2.15. The molecule has 1 heterocycles. The summed E-state index contributed by atoms with van der Waals surface area (Å²) >= 11 is 0. The first-order valence-electron chi connectivity index (χ1n) is 4.71. The van der Waals surface area contributed by atoms with Crippen LogP contribution in [0, 0.1) is 0 Å². The number of alkyl halides is 2. The molecule has 6 heteroatoms. The number of hydrogen-bond acceptors (Lipinski definition) is 3. The van der Waals surface area contributed by atoms with Gasteiger partial charge < -0.3 is 10.5 Å². The molecular weight excluding hydrogens is 218 g/mol.